The van der Waals surface area contributed by atoms with Gasteiger partial charge in [0, 0.05) is 18.9 Å². The van der Waals surface area contributed by atoms with Crippen molar-refractivity contribution in [2.24, 2.45) is 11.5 Å². The van der Waals surface area contributed by atoms with Gasteiger partial charge >= 0.3 is 0 Å². The van der Waals surface area contributed by atoms with Gasteiger partial charge in [0.2, 0.25) is 0 Å². The van der Waals surface area contributed by atoms with Crippen LogP contribution < -0.4 is 11.5 Å². The molecule has 0 bridgehead atoms. The quantitative estimate of drug-likeness (QED) is 0.617. The van der Waals surface area contributed by atoms with Crippen LogP contribution in [0, 0.1) is 0 Å². The van der Waals surface area contributed by atoms with Crippen molar-refractivity contribution in [1.82, 2.24) is 0 Å². The molecule has 0 fully saturated rings. The first-order valence-corrected chi connectivity index (χ1v) is 4.90. The molecule has 0 aliphatic rings. The molecule has 0 atom stereocenters. The largest absolute Gasteiger partial charge is 0.306 e. The maximum Gasteiger partial charge on any atom is 0.116 e. The Labute approximate surface area is 121 Å². The monoisotopic (exact) mass is 239 g/mol. The molecule has 1 radical (unpaired) electrons. The summed E-state index contributed by atoms with van der Waals surface area (Å²) in [6, 6.07) is 19.4. The fourth-order valence-corrected chi connectivity index (χ4v) is 1.59. The zero-order valence-electron chi connectivity index (χ0n) is 9.93. The molecule has 0 heterocycles. The van der Waals surface area contributed by atoms with E-state index in [0.717, 1.165) is 11.1 Å². The van der Waals surface area contributed by atoms with Crippen molar-refractivity contribution in [2.75, 3.05) is 0 Å². The first kappa shape index (κ1) is 16.3. The minimum Gasteiger partial charge on any atom is -0.306 e. The average molecular weight is 239 g/mol. The summed E-state index contributed by atoms with van der Waals surface area (Å²) in [6.45, 7) is 0. The van der Waals surface area contributed by atoms with Gasteiger partial charge in [-0.3, -0.25) is 0 Å². The summed E-state index contributed by atoms with van der Waals surface area (Å²) in [6.07, 6.45) is 0. The fourth-order valence-electron chi connectivity index (χ4n) is 1.59. The maximum atomic E-state index is 6.14. The Morgan fingerprint density at radius 1 is 0.647 bits per heavy atom. The van der Waals surface area contributed by atoms with E-state index in [1.807, 2.05) is 60.7 Å². The van der Waals surface area contributed by atoms with Gasteiger partial charge in [-0.2, -0.15) is 13.5 Å². The molecule has 4 heteroatoms. The zero-order chi connectivity index (χ0) is 10.7. The van der Waals surface area contributed by atoms with Crippen molar-refractivity contribution in [3.63, 3.8) is 0 Å². The van der Waals surface area contributed by atoms with Gasteiger partial charge in [-0.15, -0.1) is 0 Å². The van der Waals surface area contributed by atoms with E-state index in [1.54, 1.807) is 0 Å². The molecular formula is C13H16LiN2S. The van der Waals surface area contributed by atoms with Crippen molar-refractivity contribution in [2.45, 2.75) is 5.66 Å². The van der Waals surface area contributed by atoms with Crippen LogP contribution in [0.1, 0.15) is 11.1 Å². The fraction of sp³-hybridized carbons (Fsp3) is 0.0769. The van der Waals surface area contributed by atoms with Gasteiger partial charge in [0.15, 0.2) is 0 Å². The summed E-state index contributed by atoms with van der Waals surface area (Å²) >= 11 is 0. The normalized spacial score (nSPS) is 10.0. The van der Waals surface area contributed by atoms with Crippen molar-refractivity contribution in [3.05, 3.63) is 71.8 Å². The van der Waals surface area contributed by atoms with E-state index >= 15 is 0 Å². The number of nitrogens with two attached hydrogens (primary N) is 2. The Bertz CT molecular complexity index is 390. The second-order valence-electron chi connectivity index (χ2n) is 3.60. The van der Waals surface area contributed by atoms with Crippen LogP contribution in [0.4, 0.5) is 0 Å². The van der Waals surface area contributed by atoms with Crippen LogP contribution in [-0.2, 0) is 5.66 Å². The molecule has 0 saturated carbocycles. The van der Waals surface area contributed by atoms with Gasteiger partial charge in [-0.25, -0.2) is 0 Å². The van der Waals surface area contributed by atoms with Crippen LogP contribution in [0.25, 0.3) is 0 Å². The summed E-state index contributed by atoms with van der Waals surface area (Å²) in [5.41, 5.74) is 13.2. The first-order chi connectivity index (χ1) is 7.21. The number of hydrogen-bond donors (Lipinski definition) is 2. The third-order valence-corrected chi connectivity index (χ3v) is 2.50. The van der Waals surface area contributed by atoms with Crippen LogP contribution in [0.5, 0.6) is 0 Å². The molecule has 0 saturated heterocycles. The van der Waals surface area contributed by atoms with Gasteiger partial charge in [0.1, 0.15) is 5.66 Å². The van der Waals surface area contributed by atoms with Crippen molar-refractivity contribution >= 4 is 32.4 Å². The van der Waals surface area contributed by atoms with Crippen LogP contribution in [0.3, 0.4) is 0 Å². The molecule has 2 aromatic rings. The molecule has 2 aromatic carbocycles. The summed E-state index contributed by atoms with van der Waals surface area (Å²) in [4.78, 5) is 0. The van der Waals surface area contributed by atoms with Gasteiger partial charge in [-0.05, 0) is 11.1 Å². The van der Waals surface area contributed by atoms with E-state index in [2.05, 4.69) is 0 Å². The molecule has 0 amide bonds. The van der Waals surface area contributed by atoms with Gasteiger partial charge < -0.3 is 11.5 Å². The third-order valence-electron chi connectivity index (χ3n) is 2.50. The first-order valence-electron chi connectivity index (χ1n) is 4.90. The van der Waals surface area contributed by atoms with Crippen LogP contribution in [-0.4, -0.2) is 18.9 Å². The molecular weight excluding hydrogens is 223 g/mol. The Kier molecular flexibility index (Phi) is 6.62. The van der Waals surface area contributed by atoms with Crippen molar-refractivity contribution in [3.8, 4) is 0 Å². The van der Waals surface area contributed by atoms with Gasteiger partial charge in [0.05, 0.1) is 0 Å². The number of rotatable bonds is 2. The molecule has 0 aromatic heterocycles. The molecule has 2 rings (SSSR count). The molecule has 0 aliphatic heterocycles. The van der Waals surface area contributed by atoms with Crippen LogP contribution in [0.15, 0.2) is 60.7 Å². The van der Waals surface area contributed by atoms with Gasteiger partial charge in [-0.1, -0.05) is 60.7 Å². The summed E-state index contributed by atoms with van der Waals surface area (Å²) < 4.78 is 0. The Balaban J connectivity index is 0.00000128. The predicted octanol–water partition coefficient (Wildman–Crippen LogP) is 1.54. The van der Waals surface area contributed by atoms with Gasteiger partial charge in [0.25, 0.3) is 0 Å². The van der Waals surface area contributed by atoms with E-state index in [-0.39, 0.29) is 32.4 Å². The van der Waals surface area contributed by atoms with Crippen molar-refractivity contribution in [1.29, 1.82) is 0 Å². The maximum absolute atomic E-state index is 6.14. The van der Waals surface area contributed by atoms with Crippen LogP contribution >= 0.6 is 13.5 Å². The molecule has 4 N–H and O–H groups in total. The Morgan fingerprint density at radius 3 is 1.24 bits per heavy atom. The standard InChI is InChI=1S/C13H14N2.Li.H2S/c14-13(15,11-7-3-1-4-8-11)12-9-5-2-6-10-12;;/h1-10H,14-15H2;;1H2. The summed E-state index contributed by atoms with van der Waals surface area (Å²) in [5, 5.41) is 0. The molecule has 0 unspecified atom stereocenters. The average Bonchev–Trinajstić information content (AvgIpc) is 2.31. The molecule has 2 nitrogen and oxygen atoms in total. The number of hydrogen-bond acceptors (Lipinski definition) is 2. The second kappa shape index (κ2) is 6.90. The van der Waals surface area contributed by atoms with Crippen molar-refractivity contribution < 1.29 is 0 Å². The van der Waals surface area contributed by atoms with E-state index < -0.39 is 5.66 Å². The Morgan fingerprint density at radius 2 is 0.941 bits per heavy atom. The van der Waals surface area contributed by atoms with E-state index in [4.69, 9.17) is 11.5 Å². The molecule has 17 heavy (non-hydrogen) atoms. The minimum atomic E-state index is -0.914. The Hall–Kier alpha value is -0.693. The molecule has 85 valence electrons. The van der Waals surface area contributed by atoms with E-state index in [1.165, 1.54) is 0 Å². The predicted molar refractivity (Wildman–Crippen MR) is 78.2 cm³/mol. The topological polar surface area (TPSA) is 52.0 Å². The summed E-state index contributed by atoms with van der Waals surface area (Å²) in [7, 11) is 0. The zero-order valence-corrected chi connectivity index (χ0v) is 10.9. The smallest absolute Gasteiger partial charge is 0.116 e. The SMILES string of the molecule is NC(N)(c1ccccc1)c1ccccc1.S.[Li]. The van der Waals surface area contributed by atoms with E-state index in [9.17, 15) is 0 Å². The summed E-state index contributed by atoms with van der Waals surface area (Å²) in [5.74, 6) is 0. The minimum absolute atomic E-state index is 0. The second-order valence-corrected chi connectivity index (χ2v) is 3.60. The molecule has 0 aliphatic carbocycles. The number of benzene rings is 2. The van der Waals surface area contributed by atoms with Crippen LogP contribution in [0.2, 0.25) is 0 Å². The third kappa shape index (κ3) is 3.64. The molecule has 0 spiro atoms. The van der Waals surface area contributed by atoms with E-state index in [0.29, 0.717) is 0 Å².